The normalized spacial score (nSPS) is 17.2. The Morgan fingerprint density at radius 2 is 1.73 bits per heavy atom. The van der Waals surface area contributed by atoms with E-state index in [9.17, 15) is 31.1 Å². The topological polar surface area (TPSA) is 51.1 Å². The van der Waals surface area contributed by atoms with E-state index in [4.69, 9.17) is 4.74 Å². The minimum absolute atomic E-state index is 0.208. The Kier molecular flexibility index (Phi) is 5.11. The van der Waals surface area contributed by atoms with Gasteiger partial charge in [0.15, 0.2) is 0 Å². The summed E-state index contributed by atoms with van der Waals surface area (Å²) in [5, 5.41) is 0. The lowest BCUT2D eigenvalue weighted by molar-refractivity contribution is -0.391. The van der Waals surface area contributed by atoms with Crippen molar-refractivity contribution < 1.29 is 40.6 Å². The Bertz CT molecular complexity index is 704. The van der Waals surface area contributed by atoms with Crippen molar-refractivity contribution >= 4 is 17.7 Å². The average Bonchev–Trinajstić information content (AvgIpc) is 3.06. The zero-order valence-electron chi connectivity index (χ0n) is 13.6. The van der Waals surface area contributed by atoms with Crippen LogP contribution < -0.4 is 4.90 Å². The molecule has 1 aromatic carbocycles. The molecule has 0 bridgehead atoms. The second-order valence-corrected chi connectivity index (χ2v) is 5.38. The number of amidine groups is 1. The molecule has 26 heavy (non-hydrogen) atoms. The van der Waals surface area contributed by atoms with Crippen LogP contribution in [0.3, 0.4) is 0 Å². The number of nitrogens with zero attached hydrogens (tertiary/aromatic N) is 2. The summed E-state index contributed by atoms with van der Waals surface area (Å²) in [5.74, 6) is -12.5. The third kappa shape index (κ3) is 3.42. The van der Waals surface area contributed by atoms with E-state index in [1.807, 2.05) is 0 Å². The minimum Gasteiger partial charge on any atom is -0.463 e. The van der Waals surface area contributed by atoms with Crippen molar-refractivity contribution in [1.82, 2.24) is 0 Å². The molecule has 0 fully saturated rings. The standard InChI is InChI=1S/C15H14F6N2O3/c1-9(24)26-14(18,15(19,20)21)13(16,17)10-3-5-11(6-4-10)23(2)12-22-7-8-25-12/h3-6H,7-8H2,1-2H3. The average molecular weight is 384 g/mol. The molecule has 0 N–H and O–H groups in total. The molecule has 0 aliphatic carbocycles. The zero-order chi connectivity index (χ0) is 19.8. The molecule has 5 nitrogen and oxygen atoms in total. The highest BCUT2D eigenvalue weighted by Crippen LogP contribution is 2.51. The van der Waals surface area contributed by atoms with Gasteiger partial charge >= 0.3 is 23.9 Å². The molecular weight excluding hydrogens is 370 g/mol. The lowest BCUT2D eigenvalue weighted by Crippen LogP contribution is -2.56. The number of hydrogen-bond acceptors (Lipinski definition) is 5. The second kappa shape index (κ2) is 6.69. The molecule has 0 spiro atoms. The number of aliphatic imine (C=N–C) groups is 1. The molecule has 1 heterocycles. The third-order valence-electron chi connectivity index (χ3n) is 3.53. The van der Waals surface area contributed by atoms with Gasteiger partial charge in [0.05, 0.1) is 6.54 Å². The number of hydrogen-bond donors (Lipinski definition) is 0. The van der Waals surface area contributed by atoms with Crippen LogP contribution >= 0.6 is 0 Å². The maximum Gasteiger partial charge on any atom is 0.467 e. The quantitative estimate of drug-likeness (QED) is 0.590. The summed E-state index contributed by atoms with van der Waals surface area (Å²) in [6.07, 6.45) is -6.15. The Balaban J connectivity index is 2.36. The van der Waals surface area contributed by atoms with Crippen molar-refractivity contribution in [2.24, 2.45) is 4.99 Å². The minimum atomic E-state index is -6.15. The second-order valence-electron chi connectivity index (χ2n) is 5.38. The van der Waals surface area contributed by atoms with Crippen LogP contribution in [0.1, 0.15) is 12.5 Å². The summed E-state index contributed by atoms with van der Waals surface area (Å²) in [6, 6.07) is 3.49. The van der Waals surface area contributed by atoms with Gasteiger partial charge in [-0.05, 0) is 12.1 Å². The van der Waals surface area contributed by atoms with Crippen molar-refractivity contribution in [3.63, 3.8) is 0 Å². The zero-order valence-corrected chi connectivity index (χ0v) is 13.6. The lowest BCUT2D eigenvalue weighted by Gasteiger charge is -2.34. The summed E-state index contributed by atoms with van der Waals surface area (Å²) in [4.78, 5) is 16.1. The predicted octanol–water partition coefficient (Wildman–Crippen LogP) is 3.39. The molecule has 0 aromatic heterocycles. The monoisotopic (exact) mass is 384 g/mol. The van der Waals surface area contributed by atoms with Gasteiger partial charge in [-0.2, -0.15) is 26.3 Å². The number of benzene rings is 1. The number of carbonyl (C=O) groups excluding carboxylic acids is 1. The highest BCUT2D eigenvalue weighted by molar-refractivity contribution is 5.91. The first-order chi connectivity index (χ1) is 11.9. The third-order valence-corrected chi connectivity index (χ3v) is 3.53. The molecule has 0 radical (unpaired) electrons. The molecule has 144 valence electrons. The van der Waals surface area contributed by atoms with Gasteiger partial charge in [0, 0.05) is 25.2 Å². The van der Waals surface area contributed by atoms with Gasteiger partial charge in [0.2, 0.25) is 0 Å². The Hall–Kier alpha value is -2.46. The highest BCUT2D eigenvalue weighted by atomic mass is 19.4. The van der Waals surface area contributed by atoms with E-state index < -0.39 is 29.5 Å². The molecule has 11 heteroatoms. The van der Waals surface area contributed by atoms with Gasteiger partial charge in [-0.3, -0.25) is 9.69 Å². The first-order valence-electron chi connectivity index (χ1n) is 7.24. The largest absolute Gasteiger partial charge is 0.467 e. The van der Waals surface area contributed by atoms with Crippen LogP contribution in [0, 0.1) is 0 Å². The fourth-order valence-corrected chi connectivity index (χ4v) is 2.22. The number of alkyl halides is 6. The van der Waals surface area contributed by atoms with Gasteiger partial charge in [-0.15, -0.1) is 0 Å². The molecule has 2 rings (SSSR count). The first kappa shape index (κ1) is 19.9. The van der Waals surface area contributed by atoms with Gasteiger partial charge < -0.3 is 9.47 Å². The van der Waals surface area contributed by atoms with Crippen molar-refractivity contribution in [2.45, 2.75) is 24.9 Å². The van der Waals surface area contributed by atoms with Crippen LogP contribution in [-0.4, -0.2) is 44.2 Å². The summed E-state index contributed by atoms with van der Waals surface area (Å²) in [5.41, 5.74) is -1.04. The van der Waals surface area contributed by atoms with E-state index in [1.54, 1.807) is 0 Å². The van der Waals surface area contributed by atoms with Crippen LogP contribution in [0.5, 0.6) is 0 Å². The molecule has 1 aliphatic heterocycles. The summed E-state index contributed by atoms with van der Waals surface area (Å²) < 4.78 is 89.8. The summed E-state index contributed by atoms with van der Waals surface area (Å²) in [7, 11) is 1.51. The number of ether oxygens (including phenoxy) is 2. The molecule has 0 saturated carbocycles. The SMILES string of the molecule is CC(=O)OC(F)(C(F)(F)F)C(F)(F)c1ccc(N(C)C2=NCCO2)cc1. The Labute approximate surface area is 144 Å². The van der Waals surface area contributed by atoms with Crippen molar-refractivity contribution in [2.75, 3.05) is 25.1 Å². The van der Waals surface area contributed by atoms with E-state index in [2.05, 4.69) is 9.73 Å². The van der Waals surface area contributed by atoms with Crippen LogP contribution in [-0.2, 0) is 20.2 Å². The maximum atomic E-state index is 14.3. The summed E-state index contributed by atoms with van der Waals surface area (Å²) in [6.45, 7) is 1.15. The van der Waals surface area contributed by atoms with Crippen LogP contribution in [0.2, 0.25) is 0 Å². The maximum absolute atomic E-state index is 14.3. The molecule has 1 aromatic rings. The van der Waals surface area contributed by atoms with Gasteiger partial charge in [0.25, 0.3) is 6.02 Å². The Morgan fingerprint density at radius 1 is 1.15 bits per heavy atom. The first-order valence-corrected chi connectivity index (χ1v) is 7.24. The number of anilines is 1. The van der Waals surface area contributed by atoms with Gasteiger partial charge in [-0.25, -0.2) is 4.99 Å². The molecule has 0 saturated heterocycles. The predicted molar refractivity (Wildman–Crippen MR) is 78.7 cm³/mol. The Morgan fingerprint density at radius 3 is 2.15 bits per heavy atom. The summed E-state index contributed by atoms with van der Waals surface area (Å²) >= 11 is 0. The number of rotatable bonds is 4. The van der Waals surface area contributed by atoms with Crippen molar-refractivity contribution in [3.8, 4) is 0 Å². The highest BCUT2D eigenvalue weighted by Gasteiger charge is 2.75. The molecule has 0 amide bonds. The number of halogens is 6. The molecule has 1 atom stereocenters. The van der Waals surface area contributed by atoms with Crippen LogP contribution in [0.25, 0.3) is 0 Å². The van der Waals surface area contributed by atoms with Crippen LogP contribution in [0.4, 0.5) is 32.0 Å². The smallest absolute Gasteiger partial charge is 0.463 e. The van der Waals surface area contributed by atoms with E-state index >= 15 is 0 Å². The fraction of sp³-hybridized carbons (Fsp3) is 0.467. The lowest BCUT2D eigenvalue weighted by atomic mass is 10.00. The van der Waals surface area contributed by atoms with E-state index in [-0.39, 0.29) is 11.7 Å². The van der Waals surface area contributed by atoms with Crippen molar-refractivity contribution in [1.29, 1.82) is 0 Å². The van der Waals surface area contributed by atoms with Gasteiger partial charge in [-0.1, -0.05) is 12.1 Å². The number of esters is 1. The van der Waals surface area contributed by atoms with Crippen molar-refractivity contribution in [3.05, 3.63) is 29.8 Å². The fourth-order valence-electron chi connectivity index (χ4n) is 2.22. The molecule has 1 aliphatic rings. The van der Waals surface area contributed by atoms with E-state index in [1.165, 1.54) is 11.9 Å². The van der Waals surface area contributed by atoms with E-state index in [0.29, 0.717) is 32.2 Å². The van der Waals surface area contributed by atoms with E-state index in [0.717, 1.165) is 12.1 Å². The number of carbonyl (C=O) groups is 1. The molecular formula is C15H14F6N2O3. The molecule has 1 unspecified atom stereocenters. The van der Waals surface area contributed by atoms with Crippen LogP contribution in [0.15, 0.2) is 29.3 Å². The van der Waals surface area contributed by atoms with Gasteiger partial charge in [0.1, 0.15) is 6.61 Å².